The van der Waals surface area contributed by atoms with Crippen LogP contribution in [0.3, 0.4) is 0 Å². The Morgan fingerprint density at radius 2 is 1.53 bits per heavy atom. The maximum absolute atomic E-state index is 10.00. The molecule has 0 fully saturated rings. The van der Waals surface area contributed by atoms with E-state index in [0.717, 1.165) is 28.9 Å². The third kappa shape index (κ3) is 6.15. The normalized spacial score (nSPS) is 11.8. The van der Waals surface area contributed by atoms with Gasteiger partial charge in [-0.3, -0.25) is 0 Å². The average molecular weight is 485 g/mol. The molecule has 0 unspecified atom stereocenters. The largest absolute Gasteiger partial charge is 0.508 e. The van der Waals surface area contributed by atoms with E-state index in [1.54, 1.807) is 30.0 Å². The van der Waals surface area contributed by atoms with E-state index in [0.29, 0.717) is 31.9 Å². The SMILES string of the molecule is CC/C(=C(\c1ccc(O)cc1)c1ccc(OCCCn2nc(COC)cc2O)cc1)c1ccccc1. The number of ether oxygens (including phenoxy) is 2. The Labute approximate surface area is 212 Å². The number of phenols is 1. The second-order valence-corrected chi connectivity index (χ2v) is 8.50. The van der Waals surface area contributed by atoms with Crippen LogP contribution in [-0.2, 0) is 17.9 Å². The lowest BCUT2D eigenvalue weighted by molar-refractivity contribution is 0.180. The molecule has 4 rings (SSSR count). The fourth-order valence-electron chi connectivity index (χ4n) is 4.27. The maximum atomic E-state index is 10.00. The van der Waals surface area contributed by atoms with Crippen molar-refractivity contribution < 1.29 is 19.7 Å². The summed E-state index contributed by atoms with van der Waals surface area (Å²) in [6.45, 7) is 3.59. The highest BCUT2D eigenvalue weighted by Crippen LogP contribution is 2.35. The first-order chi connectivity index (χ1) is 17.6. The predicted molar refractivity (Wildman–Crippen MR) is 142 cm³/mol. The summed E-state index contributed by atoms with van der Waals surface area (Å²) >= 11 is 0. The van der Waals surface area contributed by atoms with Crippen LogP contribution >= 0.6 is 0 Å². The van der Waals surface area contributed by atoms with Gasteiger partial charge in [-0.1, -0.05) is 61.5 Å². The van der Waals surface area contributed by atoms with E-state index in [4.69, 9.17) is 9.47 Å². The molecule has 186 valence electrons. The number of benzene rings is 3. The summed E-state index contributed by atoms with van der Waals surface area (Å²) in [5.74, 6) is 1.16. The number of nitrogens with zero attached hydrogens (tertiary/aromatic N) is 2. The molecule has 3 aromatic carbocycles. The van der Waals surface area contributed by atoms with Crippen LogP contribution in [-0.4, -0.2) is 33.7 Å². The number of hydrogen-bond acceptors (Lipinski definition) is 5. The molecule has 0 aliphatic rings. The fourth-order valence-corrected chi connectivity index (χ4v) is 4.27. The highest BCUT2D eigenvalue weighted by Gasteiger charge is 2.13. The lowest BCUT2D eigenvalue weighted by Crippen LogP contribution is -2.06. The molecule has 6 heteroatoms. The summed E-state index contributed by atoms with van der Waals surface area (Å²) in [7, 11) is 1.60. The van der Waals surface area contributed by atoms with E-state index in [1.807, 2.05) is 30.3 Å². The first-order valence-corrected chi connectivity index (χ1v) is 12.1. The molecule has 0 radical (unpaired) electrons. The van der Waals surface area contributed by atoms with Crippen molar-refractivity contribution >= 4 is 11.1 Å². The topological polar surface area (TPSA) is 76.7 Å². The van der Waals surface area contributed by atoms with Crippen LogP contribution in [0, 0.1) is 0 Å². The summed E-state index contributed by atoms with van der Waals surface area (Å²) in [5, 5.41) is 24.1. The first-order valence-electron chi connectivity index (χ1n) is 12.1. The lowest BCUT2D eigenvalue weighted by Gasteiger charge is -2.17. The zero-order valence-electron chi connectivity index (χ0n) is 20.7. The summed E-state index contributed by atoms with van der Waals surface area (Å²) in [6.07, 6.45) is 1.57. The second-order valence-electron chi connectivity index (χ2n) is 8.50. The van der Waals surface area contributed by atoms with Crippen molar-refractivity contribution in [1.82, 2.24) is 9.78 Å². The highest BCUT2D eigenvalue weighted by atomic mass is 16.5. The molecule has 6 nitrogen and oxygen atoms in total. The van der Waals surface area contributed by atoms with Gasteiger partial charge in [-0.2, -0.15) is 5.10 Å². The molecule has 36 heavy (non-hydrogen) atoms. The standard InChI is InChI=1S/C30H32N2O4/c1-3-28(22-8-5-4-6-9-22)30(23-10-14-26(33)15-11-23)24-12-16-27(17-13-24)36-19-7-18-32-29(34)20-25(31-32)21-35-2/h4-6,8-17,20,33-34H,3,7,18-19,21H2,1-2H3/b30-28-. The quantitative estimate of drug-likeness (QED) is 0.194. The van der Waals surface area contributed by atoms with Crippen LogP contribution < -0.4 is 4.74 Å². The summed E-state index contributed by atoms with van der Waals surface area (Å²) < 4.78 is 12.6. The van der Waals surface area contributed by atoms with E-state index in [-0.39, 0.29) is 11.6 Å². The van der Waals surface area contributed by atoms with Crippen molar-refractivity contribution in [3.63, 3.8) is 0 Å². The molecule has 1 aromatic heterocycles. The van der Waals surface area contributed by atoms with E-state index >= 15 is 0 Å². The van der Waals surface area contributed by atoms with Gasteiger partial charge in [0.05, 0.1) is 18.9 Å². The molecule has 0 saturated heterocycles. The van der Waals surface area contributed by atoms with Gasteiger partial charge in [0, 0.05) is 26.1 Å². The molecule has 0 aliphatic heterocycles. The monoisotopic (exact) mass is 484 g/mol. The Morgan fingerprint density at radius 1 is 0.861 bits per heavy atom. The van der Waals surface area contributed by atoms with Gasteiger partial charge in [-0.15, -0.1) is 0 Å². The molecule has 0 atom stereocenters. The van der Waals surface area contributed by atoms with E-state index in [9.17, 15) is 10.2 Å². The Hall–Kier alpha value is -4.03. The van der Waals surface area contributed by atoms with Gasteiger partial charge in [0.15, 0.2) is 0 Å². The molecule has 0 spiro atoms. The van der Waals surface area contributed by atoms with Crippen LogP contribution in [0.5, 0.6) is 17.4 Å². The number of aromatic hydroxyl groups is 2. The summed E-state index contributed by atoms with van der Waals surface area (Å²) in [5.41, 5.74) is 6.39. The number of phenolic OH excluding ortho intramolecular Hbond substituents is 1. The van der Waals surface area contributed by atoms with Crippen LogP contribution in [0.4, 0.5) is 0 Å². The highest BCUT2D eigenvalue weighted by molar-refractivity contribution is 5.98. The van der Waals surface area contributed by atoms with E-state index in [1.165, 1.54) is 11.1 Å². The third-order valence-corrected chi connectivity index (χ3v) is 5.96. The third-order valence-electron chi connectivity index (χ3n) is 5.96. The molecular weight excluding hydrogens is 452 g/mol. The van der Waals surface area contributed by atoms with Gasteiger partial charge in [-0.05, 0) is 58.5 Å². The van der Waals surface area contributed by atoms with Gasteiger partial charge in [0.1, 0.15) is 11.5 Å². The van der Waals surface area contributed by atoms with Gasteiger partial charge in [-0.25, -0.2) is 4.68 Å². The minimum absolute atomic E-state index is 0.130. The van der Waals surface area contributed by atoms with Crippen molar-refractivity contribution in [3.05, 3.63) is 107 Å². The Balaban J connectivity index is 1.50. The Morgan fingerprint density at radius 3 is 2.17 bits per heavy atom. The molecule has 1 heterocycles. The molecular formula is C30H32N2O4. The van der Waals surface area contributed by atoms with Crippen molar-refractivity contribution in [2.75, 3.05) is 13.7 Å². The fraction of sp³-hybridized carbons (Fsp3) is 0.233. The van der Waals surface area contributed by atoms with Crippen molar-refractivity contribution in [3.8, 4) is 17.4 Å². The zero-order valence-corrected chi connectivity index (χ0v) is 20.7. The number of methoxy groups -OCH3 is 1. The molecule has 0 amide bonds. The molecule has 4 aromatic rings. The summed E-state index contributed by atoms with van der Waals surface area (Å²) in [4.78, 5) is 0. The molecule has 2 N–H and O–H groups in total. The predicted octanol–water partition coefficient (Wildman–Crippen LogP) is 6.28. The van der Waals surface area contributed by atoms with Crippen LogP contribution in [0.2, 0.25) is 0 Å². The number of hydrogen-bond donors (Lipinski definition) is 2. The van der Waals surface area contributed by atoms with Gasteiger partial charge >= 0.3 is 0 Å². The minimum atomic E-state index is 0.130. The maximum Gasteiger partial charge on any atom is 0.209 e. The van der Waals surface area contributed by atoms with Crippen LogP contribution in [0.1, 0.15) is 42.1 Å². The number of aromatic nitrogens is 2. The Bertz CT molecular complexity index is 1280. The molecule has 0 bridgehead atoms. The zero-order chi connectivity index (χ0) is 25.3. The second kappa shape index (κ2) is 12.1. The van der Waals surface area contributed by atoms with Crippen molar-refractivity contribution in [1.29, 1.82) is 0 Å². The number of rotatable bonds is 11. The summed E-state index contributed by atoms with van der Waals surface area (Å²) in [6, 6.07) is 27.5. The number of allylic oxidation sites excluding steroid dienone is 1. The van der Waals surface area contributed by atoms with Gasteiger partial charge in [0.25, 0.3) is 0 Å². The Kier molecular flexibility index (Phi) is 8.42. The van der Waals surface area contributed by atoms with Crippen molar-refractivity contribution in [2.45, 2.75) is 32.9 Å². The van der Waals surface area contributed by atoms with E-state index < -0.39 is 0 Å². The van der Waals surface area contributed by atoms with Gasteiger partial charge < -0.3 is 19.7 Å². The van der Waals surface area contributed by atoms with Gasteiger partial charge in [0.2, 0.25) is 5.88 Å². The lowest BCUT2D eigenvalue weighted by atomic mass is 9.88. The minimum Gasteiger partial charge on any atom is -0.508 e. The first kappa shape index (κ1) is 25.1. The van der Waals surface area contributed by atoms with Crippen molar-refractivity contribution in [2.24, 2.45) is 0 Å². The van der Waals surface area contributed by atoms with Crippen LogP contribution in [0.25, 0.3) is 11.1 Å². The van der Waals surface area contributed by atoms with Crippen LogP contribution in [0.15, 0.2) is 84.9 Å². The smallest absolute Gasteiger partial charge is 0.209 e. The molecule has 0 aliphatic carbocycles. The number of aryl methyl sites for hydroxylation is 1. The average Bonchev–Trinajstić information content (AvgIpc) is 3.25. The van der Waals surface area contributed by atoms with E-state index in [2.05, 4.69) is 48.4 Å². The molecule has 0 saturated carbocycles.